The summed E-state index contributed by atoms with van der Waals surface area (Å²) in [4.78, 5) is 14.2. The van der Waals surface area contributed by atoms with E-state index in [1.807, 2.05) is 12.1 Å². The van der Waals surface area contributed by atoms with Crippen LogP contribution in [-0.2, 0) is 24.1 Å². The van der Waals surface area contributed by atoms with Crippen molar-refractivity contribution >= 4 is 28.7 Å². The fourth-order valence-electron chi connectivity index (χ4n) is 1.86. The third-order valence-electron chi connectivity index (χ3n) is 2.87. The SMILES string of the molecule is CCc1ccc(CC(=O)Cc2c(F)cccc2Cl)s1. The average molecular weight is 297 g/mol. The first-order valence-electron chi connectivity index (χ1n) is 6.12. The lowest BCUT2D eigenvalue weighted by Crippen LogP contribution is -2.07. The monoisotopic (exact) mass is 296 g/mol. The van der Waals surface area contributed by atoms with E-state index in [0.29, 0.717) is 17.0 Å². The lowest BCUT2D eigenvalue weighted by Gasteiger charge is -2.04. The van der Waals surface area contributed by atoms with Gasteiger partial charge in [-0.15, -0.1) is 11.3 Å². The Labute approximate surface area is 121 Å². The quantitative estimate of drug-likeness (QED) is 0.796. The minimum absolute atomic E-state index is 0.0171. The number of carbonyl (C=O) groups is 1. The molecule has 0 saturated carbocycles. The number of aryl methyl sites for hydroxylation is 1. The van der Waals surface area contributed by atoms with E-state index in [1.54, 1.807) is 23.5 Å². The minimum Gasteiger partial charge on any atom is -0.299 e. The summed E-state index contributed by atoms with van der Waals surface area (Å²) >= 11 is 7.55. The van der Waals surface area contributed by atoms with Crippen molar-refractivity contribution in [3.8, 4) is 0 Å². The molecule has 0 fully saturated rings. The van der Waals surface area contributed by atoms with Crippen molar-refractivity contribution < 1.29 is 9.18 Å². The number of ketones is 1. The van der Waals surface area contributed by atoms with Crippen LogP contribution in [0.2, 0.25) is 5.02 Å². The van der Waals surface area contributed by atoms with E-state index >= 15 is 0 Å². The molecule has 2 rings (SSSR count). The van der Waals surface area contributed by atoms with E-state index in [1.165, 1.54) is 10.9 Å². The van der Waals surface area contributed by atoms with Crippen LogP contribution in [0.5, 0.6) is 0 Å². The Morgan fingerprint density at radius 1 is 1.21 bits per heavy atom. The zero-order valence-corrected chi connectivity index (χ0v) is 12.2. The van der Waals surface area contributed by atoms with Crippen molar-refractivity contribution in [2.24, 2.45) is 0 Å². The molecule has 0 unspecified atom stereocenters. The van der Waals surface area contributed by atoms with E-state index in [-0.39, 0.29) is 12.2 Å². The van der Waals surface area contributed by atoms with Crippen LogP contribution in [0.1, 0.15) is 22.2 Å². The third-order valence-corrected chi connectivity index (χ3v) is 4.46. The molecule has 0 bridgehead atoms. The summed E-state index contributed by atoms with van der Waals surface area (Å²) in [5, 5.41) is 0.314. The van der Waals surface area contributed by atoms with Gasteiger partial charge in [-0.3, -0.25) is 4.79 Å². The fourth-order valence-corrected chi connectivity index (χ4v) is 3.08. The number of rotatable bonds is 5. The molecule has 0 saturated heterocycles. The zero-order chi connectivity index (χ0) is 13.8. The van der Waals surface area contributed by atoms with Crippen LogP contribution in [-0.4, -0.2) is 5.78 Å². The fraction of sp³-hybridized carbons (Fsp3) is 0.267. The molecular weight excluding hydrogens is 283 g/mol. The molecule has 2 aromatic rings. The summed E-state index contributed by atoms with van der Waals surface area (Å²) in [7, 11) is 0. The molecule has 0 aliphatic heterocycles. The summed E-state index contributed by atoms with van der Waals surface area (Å²) in [6, 6.07) is 8.47. The Bertz CT molecular complexity index is 571. The first-order valence-corrected chi connectivity index (χ1v) is 7.31. The molecule has 1 aromatic carbocycles. The largest absolute Gasteiger partial charge is 0.299 e. The molecule has 0 aliphatic carbocycles. The third kappa shape index (κ3) is 3.64. The van der Waals surface area contributed by atoms with Gasteiger partial charge in [-0.05, 0) is 30.7 Å². The van der Waals surface area contributed by atoms with Gasteiger partial charge in [-0.25, -0.2) is 4.39 Å². The summed E-state index contributed by atoms with van der Waals surface area (Å²) < 4.78 is 13.6. The maximum atomic E-state index is 13.6. The Morgan fingerprint density at radius 2 is 1.95 bits per heavy atom. The van der Waals surface area contributed by atoms with Crippen LogP contribution in [0.3, 0.4) is 0 Å². The predicted molar refractivity (Wildman–Crippen MR) is 77.5 cm³/mol. The topological polar surface area (TPSA) is 17.1 Å². The Morgan fingerprint density at radius 3 is 2.58 bits per heavy atom. The van der Waals surface area contributed by atoms with Crippen LogP contribution in [0, 0.1) is 5.82 Å². The summed E-state index contributed by atoms with van der Waals surface area (Å²) in [6.07, 6.45) is 1.36. The van der Waals surface area contributed by atoms with Crippen LogP contribution in [0.4, 0.5) is 4.39 Å². The van der Waals surface area contributed by atoms with Crippen molar-refractivity contribution in [2.75, 3.05) is 0 Å². The van der Waals surface area contributed by atoms with Crippen molar-refractivity contribution in [3.05, 3.63) is 56.5 Å². The number of hydrogen-bond acceptors (Lipinski definition) is 2. The first kappa shape index (κ1) is 14.2. The van der Waals surface area contributed by atoms with Crippen molar-refractivity contribution in [1.82, 2.24) is 0 Å². The molecule has 4 heteroatoms. The highest BCUT2D eigenvalue weighted by Crippen LogP contribution is 2.22. The van der Waals surface area contributed by atoms with E-state index in [9.17, 15) is 9.18 Å². The first-order chi connectivity index (χ1) is 9.10. The molecule has 19 heavy (non-hydrogen) atoms. The molecular formula is C15H14ClFOS. The lowest BCUT2D eigenvalue weighted by molar-refractivity contribution is -0.117. The lowest BCUT2D eigenvalue weighted by atomic mass is 10.1. The molecule has 0 spiro atoms. The molecule has 0 atom stereocenters. The Hall–Kier alpha value is -1.19. The summed E-state index contributed by atoms with van der Waals surface area (Å²) in [5.41, 5.74) is 0.293. The van der Waals surface area contributed by atoms with Gasteiger partial charge in [-0.1, -0.05) is 24.6 Å². The number of Topliss-reactive ketones (excluding diaryl/α,β-unsaturated/α-hetero) is 1. The predicted octanol–water partition coefficient (Wildman–Crippen LogP) is 4.46. The maximum absolute atomic E-state index is 13.6. The van der Waals surface area contributed by atoms with Crippen molar-refractivity contribution in [1.29, 1.82) is 0 Å². The zero-order valence-electron chi connectivity index (χ0n) is 10.6. The molecule has 1 heterocycles. The molecule has 0 radical (unpaired) electrons. The second kappa shape index (κ2) is 6.31. The highest BCUT2D eigenvalue weighted by atomic mass is 35.5. The molecule has 1 nitrogen and oxygen atoms in total. The summed E-state index contributed by atoms with van der Waals surface area (Å²) in [6.45, 7) is 2.08. The molecule has 0 amide bonds. The standard InChI is InChI=1S/C15H14ClFOS/c1-2-11-6-7-12(19-11)8-10(18)9-13-14(16)4-3-5-15(13)17/h3-7H,2,8-9H2,1H3. The molecule has 0 N–H and O–H groups in total. The number of thiophene rings is 1. The number of halogens is 2. The van der Waals surface area contributed by atoms with Gasteiger partial charge in [0.15, 0.2) is 0 Å². The van der Waals surface area contributed by atoms with Gasteiger partial charge >= 0.3 is 0 Å². The van der Waals surface area contributed by atoms with Gasteiger partial charge in [0.05, 0.1) is 0 Å². The minimum atomic E-state index is -0.415. The molecule has 100 valence electrons. The smallest absolute Gasteiger partial charge is 0.142 e. The van der Waals surface area contributed by atoms with Gasteiger partial charge in [0, 0.05) is 33.2 Å². The van der Waals surface area contributed by atoms with Crippen molar-refractivity contribution in [3.63, 3.8) is 0 Å². The van der Waals surface area contributed by atoms with Crippen molar-refractivity contribution in [2.45, 2.75) is 26.2 Å². The second-order valence-electron chi connectivity index (χ2n) is 4.31. The second-order valence-corrected chi connectivity index (χ2v) is 5.97. The normalized spacial score (nSPS) is 10.7. The maximum Gasteiger partial charge on any atom is 0.142 e. The van der Waals surface area contributed by atoms with Gasteiger partial charge in [-0.2, -0.15) is 0 Å². The van der Waals surface area contributed by atoms with Gasteiger partial charge < -0.3 is 0 Å². The Balaban J connectivity index is 2.05. The highest BCUT2D eigenvalue weighted by molar-refractivity contribution is 7.12. The average Bonchev–Trinajstić information content (AvgIpc) is 2.81. The van der Waals surface area contributed by atoms with Crippen LogP contribution in [0.15, 0.2) is 30.3 Å². The van der Waals surface area contributed by atoms with Crippen LogP contribution >= 0.6 is 22.9 Å². The van der Waals surface area contributed by atoms with Crippen LogP contribution < -0.4 is 0 Å². The van der Waals surface area contributed by atoms with Gasteiger partial charge in [0.25, 0.3) is 0 Å². The molecule has 0 aliphatic rings. The van der Waals surface area contributed by atoms with E-state index in [0.717, 1.165) is 11.3 Å². The number of benzene rings is 1. The Kier molecular flexibility index (Phi) is 4.72. The van der Waals surface area contributed by atoms with E-state index < -0.39 is 5.82 Å². The van der Waals surface area contributed by atoms with E-state index in [4.69, 9.17) is 11.6 Å². The van der Waals surface area contributed by atoms with Gasteiger partial charge in [0.1, 0.15) is 11.6 Å². The van der Waals surface area contributed by atoms with Crippen LogP contribution in [0.25, 0.3) is 0 Å². The molecule has 1 aromatic heterocycles. The number of hydrogen-bond donors (Lipinski definition) is 0. The summed E-state index contributed by atoms with van der Waals surface area (Å²) in [5.74, 6) is -0.433. The number of carbonyl (C=O) groups excluding carboxylic acids is 1. The van der Waals surface area contributed by atoms with E-state index in [2.05, 4.69) is 6.92 Å². The van der Waals surface area contributed by atoms with Gasteiger partial charge in [0.2, 0.25) is 0 Å². The highest BCUT2D eigenvalue weighted by Gasteiger charge is 2.13.